The second-order valence-corrected chi connectivity index (χ2v) is 15.1. The average molecular weight is 753 g/mol. The number of benzene rings is 3. The largest absolute Gasteiger partial charge is 0.370 e. The van der Waals surface area contributed by atoms with Gasteiger partial charge in [0.1, 0.15) is 12.1 Å². The van der Waals surface area contributed by atoms with E-state index >= 15 is 0 Å². The van der Waals surface area contributed by atoms with E-state index < -0.39 is 40.7 Å². The number of nitrogens with one attached hydrogen (secondary N) is 1. The van der Waals surface area contributed by atoms with E-state index in [1.165, 1.54) is 30.8 Å². The van der Waals surface area contributed by atoms with Crippen LogP contribution in [0.3, 0.4) is 0 Å². The quantitative estimate of drug-likeness (QED) is 0.145. The smallest absolute Gasteiger partial charge is 0.270 e. The van der Waals surface area contributed by atoms with Crippen molar-refractivity contribution < 1.29 is 38.4 Å². The van der Waals surface area contributed by atoms with Gasteiger partial charge in [-0.3, -0.25) is 58.9 Å². The summed E-state index contributed by atoms with van der Waals surface area (Å²) in [7, 11) is 0. The summed E-state index contributed by atoms with van der Waals surface area (Å²) < 4.78 is 5.98. The number of fused-ring (bicyclic) bond motifs is 3. The van der Waals surface area contributed by atoms with Crippen molar-refractivity contribution in [2.24, 2.45) is 0 Å². The highest BCUT2D eigenvalue weighted by Gasteiger charge is 2.45. The first-order valence-electron chi connectivity index (χ1n) is 17.9. The lowest BCUT2D eigenvalue weighted by atomic mass is 9.76. The molecule has 1 aliphatic carbocycles. The Morgan fingerprint density at radius 1 is 0.926 bits per heavy atom. The molecule has 0 aromatic heterocycles. The van der Waals surface area contributed by atoms with E-state index in [4.69, 9.17) is 4.74 Å². The number of nitro benzene ring substituents is 1. The maximum atomic E-state index is 13.2. The summed E-state index contributed by atoms with van der Waals surface area (Å²) in [6.45, 7) is 5.68. The van der Waals surface area contributed by atoms with E-state index in [1.54, 1.807) is 23.1 Å². The number of piperazine rings is 1. The van der Waals surface area contributed by atoms with Crippen LogP contribution in [-0.4, -0.2) is 102 Å². The van der Waals surface area contributed by atoms with Crippen LogP contribution in [-0.2, 0) is 23.9 Å². The van der Waals surface area contributed by atoms with Crippen LogP contribution in [0.1, 0.15) is 64.8 Å². The second kappa shape index (κ2) is 14.1. The summed E-state index contributed by atoms with van der Waals surface area (Å²) in [5, 5.41) is 13.6. The first kappa shape index (κ1) is 35.6. The average Bonchev–Trinajstić information content (AvgIpc) is 3.40. The zero-order valence-electron chi connectivity index (χ0n) is 29.3. The van der Waals surface area contributed by atoms with Gasteiger partial charge in [-0.1, -0.05) is 17.8 Å². The van der Waals surface area contributed by atoms with Crippen LogP contribution in [0.4, 0.5) is 22.7 Å². The molecule has 8 rings (SSSR count). The van der Waals surface area contributed by atoms with Crippen LogP contribution < -0.4 is 15.1 Å². The molecule has 0 spiro atoms. The van der Waals surface area contributed by atoms with E-state index in [2.05, 4.69) is 15.1 Å². The summed E-state index contributed by atoms with van der Waals surface area (Å²) >= 11 is 1.35. The number of nitro groups is 1. The van der Waals surface area contributed by atoms with Gasteiger partial charge >= 0.3 is 0 Å². The Balaban J connectivity index is 0.802. The van der Waals surface area contributed by atoms with Crippen molar-refractivity contribution in [1.82, 2.24) is 15.1 Å². The van der Waals surface area contributed by atoms with Crippen molar-refractivity contribution in [1.29, 1.82) is 0 Å². The van der Waals surface area contributed by atoms with Gasteiger partial charge in [0.05, 0.1) is 27.4 Å². The minimum absolute atomic E-state index is 0.0126. The van der Waals surface area contributed by atoms with Gasteiger partial charge in [0.15, 0.2) is 5.78 Å². The van der Waals surface area contributed by atoms with Gasteiger partial charge in [0.2, 0.25) is 17.7 Å². The van der Waals surface area contributed by atoms with E-state index in [-0.39, 0.29) is 47.3 Å². The Labute approximate surface area is 313 Å². The number of ether oxygens (including phenoxy) is 1. The lowest BCUT2D eigenvalue weighted by molar-refractivity contribution is -0.385. The highest BCUT2D eigenvalue weighted by atomic mass is 32.2. The second-order valence-electron chi connectivity index (χ2n) is 14.0. The predicted octanol–water partition coefficient (Wildman–Crippen LogP) is 3.80. The number of ketones is 1. The van der Waals surface area contributed by atoms with Gasteiger partial charge in [-0.15, -0.1) is 0 Å². The van der Waals surface area contributed by atoms with Gasteiger partial charge in [-0.2, -0.15) is 0 Å². The van der Waals surface area contributed by atoms with Crippen LogP contribution in [0.25, 0.3) is 0 Å². The van der Waals surface area contributed by atoms with E-state index in [0.717, 1.165) is 47.1 Å². The number of hydrogen-bond donors (Lipinski definition) is 1. The van der Waals surface area contributed by atoms with Crippen LogP contribution in [0.15, 0.2) is 64.4 Å². The summed E-state index contributed by atoms with van der Waals surface area (Å²) in [5.74, 6) is -2.62. The summed E-state index contributed by atoms with van der Waals surface area (Å²) in [4.78, 5) is 95.3. The van der Waals surface area contributed by atoms with Crippen molar-refractivity contribution in [3.63, 3.8) is 0 Å². The van der Waals surface area contributed by atoms with Crippen molar-refractivity contribution in [2.75, 3.05) is 49.1 Å². The molecule has 5 aliphatic rings. The molecule has 3 unspecified atom stereocenters. The molecule has 3 aromatic carbocycles. The molecule has 3 atom stereocenters. The maximum Gasteiger partial charge on any atom is 0.270 e. The Kier molecular flexibility index (Phi) is 9.27. The Hall–Kier alpha value is -5.45. The van der Waals surface area contributed by atoms with E-state index in [0.29, 0.717) is 42.4 Å². The number of amides is 5. The fourth-order valence-electron chi connectivity index (χ4n) is 7.84. The number of nitrogens with zero attached hydrogens (tertiary/aromatic N) is 5. The van der Waals surface area contributed by atoms with Crippen molar-refractivity contribution in [3.8, 4) is 0 Å². The fourth-order valence-corrected chi connectivity index (χ4v) is 8.98. The number of carbonyl (C=O) groups is 6. The summed E-state index contributed by atoms with van der Waals surface area (Å²) in [5.41, 5.74) is 3.37. The number of anilines is 3. The predicted molar refractivity (Wildman–Crippen MR) is 195 cm³/mol. The number of non-ortho nitro benzene ring substituents is 1. The summed E-state index contributed by atoms with van der Waals surface area (Å²) in [6.07, 6.45) is 1.01. The Morgan fingerprint density at radius 2 is 1.65 bits per heavy atom. The molecule has 16 heteroatoms. The molecule has 4 heterocycles. The third-order valence-electron chi connectivity index (χ3n) is 10.8. The SMILES string of the molecule is CC(=O)N1c2ccc(C3CC(OCCCN4CCN(c5ccc6c(c5)C(=O)N(C5CCC(=O)NC5=O)C6=O)CC4)C3=O)cc2Sc2cc([N+](=O)[O-])ccc21. The number of hydrogen-bond acceptors (Lipinski definition) is 12. The van der Waals surface area contributed by atoms with Gasteiger partial charge < -0.3 is 9.64 Å². The molecule has 0 bridgehead atoms. The third-order valence-corrected chi connectivity index (χ3v) is 11.9. The minimum Gasteiger partial charge on any atom is -0.370 e. The summed E-state index contributed by atoms with van der Waals surface area (Å²) in [6, 6.07) is 14.2. The molecule has 15 nitrogen and oxygen atoms in total. The van der Waals surface area contributed by atoms with E-state index in [1.807, 2.05) is 24.3 Å². The molecule has 4 aliphatic heterocycles. The Bertz CT molecular complexity index is 2150. The standard InChI is InChI=1S/C38H36N6O9S/c1-21(45)42-28-7-3-22(17-32(28)54-33-19-24(44(51)52)5-8-29(33)42)26-20-31(35(26)47)53-16-2-11-40-12-14-41(15-13-40)23-4-6-25-27(18-23)38(50)43(37(25)49)30-9-10-34(46)39-36(30)48/h3-8,17-19,26,30-31H,2,9-16,20H2,1H3,(H,39,46,48). The third kappa shape index (κ3) is 6.33. The van der Waals surface area contributed by atoms with Gasteiger partial charge in [0, 0.05) is 86.2 Å². The zero-order chi connectivity index (χ0) is 37.8. The van der Waals surface area contributed by atoms with Crippen LogP contribution >= 0.6 is 11.8 Å². The zero-order valence-corrected chi connectivity index (χ0v) is 30.1. The lowest BCUT2D eigenvalue weighted by Gasteiger charge is -2.37. The lowest BCUT2D eigenvalue weighted by Crippen LogP contribution is -2.54. The van der Waals surface area contributed by atoms with E-state index in [9.17, 15) is 38.9 Å². The topological polar surface area (TPSA) is 180 Å². The van der Waals surface area contributed by atoms with Crippen molar-refractivity contribution in [2.45, 2.75) is 60.5 Å². The van der Waals surface area contributed by atoms with Crippen LogP contribution in [0, 0.1) is 10.1 Å². The fraction of sp³-hybridized carbons (Fsp3) is 0.368. The minimum atomic E-state index is -1.000. The molecular formula is C38H36N6O9S. The molecule has 278 valence electrons. The molecule has 3 fully saturated rings. The normalized spacial score (nSPS) is 22.4. The molecule has 3 aromatic rings. The molecule has 0 radical (unpaired) electrons. The number of imide groups is 2. The molecule has 2 saturated heterocycles. The van der Waals surface area contributed by atoms with Crippen molar-refractivity contribution >= 4 is 69.8 Å². The highest BCUT2D eigenvalue weighted by molar-refractivity contribution is 7.99. The highest BCUT2D eigenvalue weighted by Crippen LogP contribution is 2.50. The first-order valence-corrected chi connectivity index (χ1v) is 18.7. The van der Waals surface area contributed by atoms with Gasteiger partial charge in [0.25, 0.3) is 17.5 Å². The Morgan fingerprint density at radius 3 is 2.35 bits per heavy atom. The molecule has 5 amide bonds. The first-order chi connectivity index (χ1) is 26.0. The van der Waals surface area contributed by atoms with Crippen LogP contribution in [0.5, 0.6) is 0 Å². The number of piperidine rings is 1. The number of Topliss-reactive ketones (excluding diaryl/α,β-unsaturated/α-hetero) is 1. The molecular weight excluding hydrogens is 717 g/mol. The van der Waals surface area contributed by atoms with Gasteiger partial charge in [-0.05, 0) is 61.2 Å². The molecule has 1 saturated carbocycles. The van der Waals surface area contributed by atoms with Gasteiger partial charge in [-0.25, -0.2) is 0 Å². The number of rotatable bonds is 9. The monoisotopic (exact) mass is 752 g/mol. The van der Waals surface area contributed by atoms with Crippen molar-refractivity contribution in [3.05, 3.63) is 81.4 Å². The maximum absolute atomic E-state index is 13.2. The molecule has 1 N–H and O–H groups in total. The molecule has 54 heavy (non-hydrogen) atoms. The van der Waals surface area contributed by atoms with Crippen LogP contribution in [0.2, 0.25) is 0 Å². The number of carbonyl (C=O) groups excluding carboxylic acids is 6.